The van der Waals surface area contributed by atoms with E-state index in [1.54, 1.807) is 25.7 Å². The van der Waals surface area contributed by atoms with Gasteiger partial charge in [-0.15, -0.1) is 0 Å². The number of aromatic nitrogens is 4. The quantitative estimate of drug-likeness (QED) is 0.824. The van der Waals surface area contributed by atoms with Crippen molar-refractivity contribution in [3.05, 3.63) is 28.8 Å². The Morgan fingerprint density at radius 3 is 2.47 bits per heavy atom. The molecule has 102 valence electrons. The summed E-state index contributed by atoms with van der Waals surface area (Å²) in [5.74, 6) is -0.487. The maximum atomic E-state index is 12.0. The van der Waals surface area contributed by atoms with Crippen LogP contribution in [0.15, 0.2) is 6.07 Å². The molecular weight excluding hydrogens is 246 g/mol. The molecule has 0 spiro atoms. The van der Waals surface area contributed by atoms with Gasteiger partial charge in [0, 0.05) is 14.1 Å². The molecule has 0 unspecified atom stereocenters. The lowest BCUT2D eigenvalue weighted by atomic mass is 10.3. The van der Waals surface area contributed by atoms with Gasteiger partial charge < -0.3 is 10.5 Å². The van der Waals surface area contributed by atoms with Crippen LogP contribution in [0.4, 0.5) is 5.69 Å². The van der Waals surface area contributed by atoms with Crippen LogP contribution < -0.4 is 5.73 Å². The second-order valence-corrected chi connectivity index (χ2v) is 4.45. The van der Waals surface area contributed by atoms with E-state index in [9.17, 15) is 4.79 Å². The summed E-state index contributed by atoms with van der Waals surface area (Å²) < 4.78 is 8.36. The molecule has 0 aliphatic carbocycles. The summed E-state index contributed by atoms with van der Waals surface area (Å²) >= 11 is 0. The van der Waals surface area contributed by atoms with Gasteiger partial charge in [0.05, 0.1) is 22.8 Å². The summed E-state index contributed by atoms with van der Waals surface area (Å²) in [6, 6.07) is 1.87. The van der Waals surface area contributed by atoms with E-state index in [2.05, 4.69) is 10.2 Å². The number of ether oxygens (including phenoxy) is 1. The Bertz CT molecular complexity index is 626. The highest BCUT2D eigenvalue weighted by molar-refractivity contribution is 5.93. The molecule has 2 N–H and O–H groups in total. The summed E-state index contributed by atoms with van der Waals surface area (Å²) in [6.07, 6.45) is 0. The van der Waals surface area contributed by atoms with Gasteiger partial charge in [-0.05, 0) is 19.9 Å². The molecule has 0 aromatic carbocycles. The highest BCUT2D eigenvalue weighted by atomic mass is 16.5. The number of rotatable bonds is 3. The van der Waals surface area contributed by atoms with Crippen LogP contribution in [-0.2, 0) is 25.4 Å². The second-order valence-electron chi connectivity index (χ2n) is 4.45. The molecule has 2 aromatic rings. The van der Waals surface area contributed by atoms with Gasteiger partial charge in [-0.25, -0.2) is 4.79 Å². The van der Waals surface area contributed by atoms with Crippen LogP contribution in [0.3, 0.4) is 0 Å². The number of hydrogen-bond donors (Lipinski definition) is 1. The first-order valence-corrected chi connectivity index (χ1v) is 5.86. The highest BCUT2D eigenvalue weighted by Crippen LogP contribution is 2.17. The smallest absolute Gasteiger partial charge is 0.359 e. The topological polar surface area (TPSA) is 88.0 Å². The molecule has 2 rings (SSSR count). The summed E-state index contributed by atoms with van der Waals surface area (Å²) in [4.78, 5) is 12.0. The molecule has 0 aliphatic heterocycles. The molecule has 2 aromatic heterocycles. The number of aryl methyl sites for hydroxylation is 4. The third-order valence-electron chi connectivity index (χ3n) is 2.91. The second kappa shape index (κ2) is 4.75. The predicted molar refractivity (Wildman–Crippen MR) is 69.4 cm³/mol. The van der Waals surface area contributed by atoms with E-state index in [4.69, 9.17) is 10.5 Å². The van der Waals surface area contributed by atoms with Gasteiger partial charge >= 0.3 is 5.97 Å². The molecule has 0 fully saturated rings. The van der Waals surface area contributed by atoms with Gasteiger partial charge in [0.25, 0.3) is 0 Å². The molecule has 0 atom stereocenters. The van der Waals surface area contributed by atoms with Gasteiger partial charge in [0.15, 0.2) is 5.69 Å². The maximum Gasteiger partial charge on any atom is 0.359 e. The molecule has 7 heteroatoms. The van der Waals surface area contributed by atoms with E-state index in [0.29, 0.717) is 11.4 Å². The van der Waals surface area contributed by atoms with Crippen LogP contribution in [0.5, 0.6) is 0 Å². The molecule has 2 heterocycles. The molecule has 0 bridgehead atoms. The Morgan fingerprint density at radius 1 is 1.32 bits per heavy atom. The molecule has 0 radical (unpaired) electrons. The van der Waals surface area contributed by atoms with Crippen LogP contribution in [0.1, 0.15) is 27.6 Å². The first-order valence-electron chi connectivity index (χ1n) is 5.86. The van der Waals surface area contributed by atoms with Crippen LogP contribution in [0.25, 0.3) is 0 Å². The fourth-order valence-electron chi connectivity index (χ4n) is 1.92. The number of nitrogen functional groups attached to an aromatic ring is 1. The van der Waals surface area contributed by atoms with E-state index in [-0.39, 0.29) is 12.3 Å². The Labute approximate surface area is 111 Å². The predicted octanol–water partition coefficient (Wildman–Crippen LogP) is 0.710. The first kappa shape index (κ1) is 13.1. The number of hydrogen-bond acceptors (Lipinski definition) is 5. The minimum absolute atomic E-state index is 0.153. The lowest BCUT2D eigenvalue weighted by molar-refractivity contribution is 0.0452. The largest absolute Gasteiger partial charge is 0.454 e. The number of carbonyl (C=O) groups excluding carboxylic acids is 1. The van der Waals surface area contributed by atoms with Crippen molar-refractivity contribution in [1.29, 1.82) is 0 Å². The lowest BCUT2D eigenvalue weighted by Crippen LogP contribution is -2.13. The van der Waals surface area contributed by atoms with Crippen LogP contribution in [0, 0.1) is 13.8 Å². The van der Waals surface area contributed by atoms with Crippen molar-refractivity contribution in [1.82, 2.24) is 19.6 Å². The van der Waals surface area contributed by atoms with Gasteiger partial charge in [0.1, 0.15) is 6.61 Å². The average Bonchev–Trinajstić information content (AvgIpc) is 2.76. The Balaban J connectivity index is 2.12. The van der Waals surface area contributed by atoms with Gasteiger partial charge in [-0.2, -0.15) is 10.2 Å². The fraction of sp³-hybridized carbons (Fsp3) is 0.417. The van der Waals surface area contributed by atoms with Crippen molar-refractivity contribution in [3.63, 3.8) is 0 Å². The number of carbonyl (C=O) groups is 1. The van der Waals surface area contributed by atoms with Crippen molar-refractivity contribution in [2.75, 3.05) is 5.73 Å². The molecule has 0 saturated carbocycles. The van der Waals surface area contributed by atoms with Crippen molar-refractivity contribution in [2.24, 2.45) is 14.1 Å². The fourth-order valence-corrected chi connectivity index (χ4v) is 1.92. The van der Waals surface area contributed by atoms with Crippen LogP contribution >= 0.6 is 0 Å². The number of anilines is 1. The number of nitrogens with two attached hydrogens (primary N) is 1. The molecular formula is C12H17N5O2. The lowest BCUT2D eigenvalue weighted by Gasteiger charge is -2.06. The monoisotopic (exact) mass is 263 g/mol. The van der Waals surface area contributed by atoms with Crippen molar-refractivity contribution < 1.29 is 9.53 Å². The summed E-state index contributed by atoms with van der Waals surface area (Å²) in [7, 11) is 3.47. The van der Waals surface area contributed by atoms with E-state index in [0.717, 1.165) is 11.4 Å². The van der Waals surface area contributed by atoms with E-state index in [1.807, 2.05) is 13.0 Å². The summed E-state index contributed by atoms with van der Waals surface area (Å²) in [6.45, 7) is 3.78. The first-order chi connectivity index (χ1) is 8.90. The Morgan fingerprint density at radius 2 is 2.00 bits per heavy atom. The van der Waals surface area contributed by atoms with E-state index in [1.165, 1.54) is 4.68 Å². The van der Waals surface area contributed by atoms with E-state index < -0.39 is 5.97 Å². The zero-order valence-corrected chi connectivity index (χ0v) is 11.5. The minimum Gasteiger partial charge on any atom is -0.454 e. The minimum atomic E-state index is -0.487. The van der Waals surface area contributed by atoms with Crippen LogP contribution in [0.2, 0.25) is 0 Å². The number of nitrogens with zero attached hydrogens (tertiary/aromatic N) is 4. The van der Waals surface area contributed by atoms with E-state index >= 15 is 0 Å². The summed E-state index contributed by atoms with van der Waals surface area (Å²) in [5.41, 5.74) is 8.75. The standard InChI is InChI=1S/C12H17N5O2/c1-7-5-9(16(3)14-7)6-19-12(18)11-10(13)8(2)15-17(11)4/h5H,6,13H2,1-4H3. The Hall–Kier alpha value is -2.31. The van der Waals surface area contributed by atoms with Crippen molar-refractivity contribution >= 4 is 11.7 Å². The van der Waals surface area contributed by atoms with Gasteiger partial charge in [-0.1, -0.05) is 0 Å². The Kier molecular flexibility index (Phi) is 3.28. The molecule has 7 nitrogen and oxygen atoms in total. The molecule has 0 amide bonds. The zero-order valence-electron chi connectivity index (χ0n) is 11.5. The van der Waals surface area contributed by atoms with Gasteiger partial charge in [0.2, 0.25) is 0 Å². The van der Waals surface area contributed by atoms with Crippen LogP contribution in [-0.4, -0.2) is 25.5 Å². The normalized spacial score (nSPS) is 10.7. The SMILES string of the molecule is Cc1cc(COC(=O)c2c(N)c(C)nn2C)n(C)n1. The van der Waals surface area contributed by atoms with Crippen molar-refractivity contribution in [3.8, 4) is 0 Å². The third-order valence-corrected chi connectivity index (χ3v) is 2.91. The summed E-state index contributed by atoms with van der Waals surface area (Å²) in [5, 5.41) is 8.27. The molecule has 19 heavy (non-hydrogen) atoms. The average molecular weight is 263 g/mol. The molecule has 0 aliphatic rings. The third kappa shape index (κ3) is 2.44. The molecule has 0 saturated heterocycles. The maximum absolute atomic E-state index is 12.0. The number of esters is 1. The van der Waals surface area contributed by atoms with Crippen molar-refractivity contribution in [2.45, 2.75) is 20.5 Å². The zero-order chi connectivity index (χ0) is 14.2. The highest BCUT2D eigenvalue weighted by Gasteiger charge is 2.19. The van der Waals surface area contributed by atoms with Gasteiger partial charge in [-0.3, -0.25) is 9.36 Å².